The minimum Gasteiger partial charge on any atom is -0.481 e. The molecular weight excluding hydrogens is 272 g/mol. The van der Waals surface area contributed by atoms with Gasteiger partial charge in [0.1, 0.15) is 17.7 Å². The highest BCUT2D eigenvalue weighted by molar-refractivity contribution is 5.84. The van der Waals surface area contributed by atoms with Crippen molar-refractivity contribution in [3.63, 3.8) is 0 Å². The number of aliphatic carboxylic acids is 1. The molecule has 0 saturated carbocycles. The summed E-state index contributed by atoms with van der Waals surface area (Å²) in [5.74, 6) is -0.302. The number of carboxylic acid groups (broad SMARTS) is 1. The molecule has 21 heavy (non-hydrogen) atoms. The quantitative estimate of drug-likeness (QED) is 0.748. The largest absolute Gasteiger partial charge is 0.481 e. The molecule has 1 atom stereocenters. The maximum Gasteiger partial charge on any atom is 0.310 e. The van der Waals surface area contributed by atoms with Crippen molar-refractivity contribution in [3.05, 3.63) is 18.5 Å². The maximum absolute atomic E-state index is 11.6. The molecule has 3 aromatic rings. The fourth-order valence-electron chi connectivity index (χ4n) is 2.25. The summed E-state index contributed by atoms with van der Waals surface area (Å²) in [6.45, 7) is 5.51. The third-order valence-corrected chi connectivity index (χ3v) is 4.19. The molecule has 0 fully saturated rings. The Morgan fingerprint density at radius 1 is 1.43 bits per heavy atom. The Kier molecular flexibility index (Phi) is 2.89. The highest BCUT2D eigenvalue weighted by atomic mass is 16.4. The Morgan fingerprint density at radius 3 is 2.86 bits per heavy atom. The van der Waals surface area contributed by atoms with Crippen LogP contribution in [0.3, 0.4) is 0 Å². The number of aromatic nitrogens is 6. The SMILES string of the molecule is CC(C)C(C)(Cc1nnc2c3[nH]cnc3ncn12)C(=O)O. The number of nitrogens with zero attached hydrogens (tertiary/aromatic N) is 5. The summed E-state index contributed by atoms with van der Waals surface area (Å²) in [5, 5.41) is 17.8. The van der Waals surface area contributed by atoms with E-state index in [0.717, 1.165) is 0 Å². The standard InChI is InChI=1S/C13H16N6O2/c1-7(2)13(3,12(20)21)4-8-17-18-11-9-10(15-5-14-9)16-6-19(8)11/h5-7H,4H2,1-3H3,(H,14,15)(H,20,21). The van der Waals surface area contributed by atoms with Gasteiger partial charge in [-0.3, -0.25) is 9.20 Å². The van der Waals surface area contributed by atoms with Gasteiger partial charge in [0.25, 0.3) is 0 Å². The number of hydrogen-bond acceptors (Lipinski definition) is 5. The minimum atomic E-state index is -0.911. The predicted octanol–water partition coefficient (Wildman–Crippen LogP) is 1.29. The van der Waals surface area contributed by atoms with E-state index in [2.05, 4.69) is 25.1 Å². The topological polar surface area (TPSA) is 109 Å². The second-order valence-electron chi connectivity index (χ2n) is 5.71. The molecule has 8 nitrogen and oxygen atoms in total. The second-order valence-corrected chi connectivity index (χ2v) is 5.71. The van der Waals surface area contributed by atoms with Crippen molar-refractivity contribution in [1.82, 2.24) is 29.5 Å². The molecular formula is C13H16N6O2. The minimum absolute atomic E-state index is 0.0359. The van der Waals surface area contributed by atoms with Gasteiger partial charge in [0.2, 0.25) is 0 Å². The highest BCUT2D eigenvalue weighted by Crippen LogP contribution is 2.31. The Hall–Kier alpha value is -2.51. The molecule has 3 heterocycles. The summed E-state index contributed by atoms with van der Waals surface area (Å²) < 4.78 is 1.71. The molecule has 0 saturated heterocycles. The van der Waals surface area contributed by atoms with Crippen LogP contribution in [0.4, 0.5) is 0 Å². The van der Waals surface area contributed by atoms with E-state index < -0.39 is 11.4 Å². The van der Waals surface area contributed by atoms with Crippen LogP contribution in [0.2, 0.25) is 0 Å². The molecule has 0 amide bonds. The van der Waals surface area contributed by atoms with Crippen LogP contribution in [0.1, 0.15) is 26.6 Å². The van der Waals surface area contributed by atoms with Gasteiger partial charge < -0.3 is 10.1 Å². The Labute approximate surface area is 120 Å². The fourth-order valence-corrected chi connectivity index (χ4v) is 2.25. The predicted molar refractivity (Wildman–Crippen MR) is 74.7 cm³/mol. The van der Waals surface area contributed by atoms with Crippen molar-refractivity contribution in [1.29, 1.82) is 0 Å². The van der Waals surface area contributed by atoms with E-state index in [1.807, 2.05) is 13.8 Å². The zero-order valence-corrected chi connectivity index (χ0v) is 12.0. The van der Waals surface area contributed by atoms with E-state index in [1.165, 1.54) is 0 Å². The first-order valence-corrected chi connectivity index (χ1v) is 6.68. The van der Waals surface area contributed by atoms with Gasteiger partial charge in [-0.1, -0.05) is 13.8 Å². The summed E-state index contributed by atoms with van der Waals surface area (Å²) in [6.07, 6.45) is 3.40. The Balaban J connectivity index is 2.11. The van der Waals surface area contributed by atoms with Gasteiger partial charge in [-0.05, 0) is 12.8 Å². The van der Waals surface area contributed by atoms with Crippen molar-refractivity contribution < 1.29 is 9.90 Å². The van der Waals surface area contributed by atoms with E-state index in [-0.39, 0.29) is 12.3 Å². The van der Waals surface area contributed by atoms with E-state index >= 15 is 0 Å². The van der Waals surface area contributed by atoms with Gasteiger partial charge >= 0.3 is 5.97 Å². The van der Waals surface area contributed by atoms with Gasteiger partial charge in [0.05, 0.1) is 11.7 Å². The van der Waals surface area contributed by atoms with Gasteiger partial charge in [0, 0.05) is 6.42 Å². The van der Waals surface area contributed by atoms with Crippen LogP contribution in [-0.4, -0.2) is 40.6 Å². The number of carbonyl (C=O) groups is 1. The molecule has 0 aliphatic carbocycles. The first kappa shape index (κ1) is 13.5. The fraction of sp³-hybridized carbons (Fsp3) is 0.462. The number of H-pyrrole nitrogens is 1. The van der Waals surface area contributed by atoms with Crippen molar-refractivity contribution in [2.24, 2.45) is 11.3 Å². The molecule has 0 aliphatic heterocycles. The first-order valence-electron chi connectivity index (χ1n) is 6.68. The van der Waals surface area contributed by atoms with Gasteiger partial charge in [-0.25, -0.2) is 9.97 Å². The average Bonchev–Trinajstić information content (AvgIpc) is 3.03. The van der Waals surface area contributed by atoms with Crippen LogP contribution in [0.15, 0.2) is 12.7 Å². The molecule has 0 aromatic carbocycles. The Morgan fingerprint density at radius 2 is 2.19 bits per heavy atom. The summed E-state index contributed by atoms with van der Waals surface area (Å²) >= 11 is 0. The summed E-state index contributed by atoms with van der Waals surface area (Å²) in [6, 6.07) is 0. The lowest BCUT2D eigenvalue weighted by molar-refractivity contribution is -0.150. The molecule has 0 spiro atoms. The van der Waals surface area contributed by atoms with Crippen molar-refractivity contribution in [3.8, 4) is 0 Å². The van der Waals surface area contributed by atoms with Crippen molar-refractivity contribution in [2.75, 3.05) is 0 Å². The van der Waals surface area contributed by atoms with Gasteiger partial charge in [0.15, 0.2) is 11.3 Å². The number of aromatic amines is 1. The lowest BCUT2D eigenvalue weighted by atomic mass is 9.76. The number of carboxylic acids is 1. The molecule has 0 radical (unpaired) electrons. The molecule has 0 bridgehead atoms. The molecule has 0 aliphatic rings. The molecule has 3 rings (SSSR count). The molecule has 8 heteroatoms. The maximum atomic E-state index is 11.6. The van der Waals surface area contributed by atoms with Gasteiger partial charge in [-0.2, -0.15) is 0 Å². The zero-order chi connectivity index (χ0) is 15.2. The number of fused-ring (bicyclic) bond motifs is 3. The van der Waals surface area contributed by atoms with E-state index in [9.17, 15) is 9.90 Å². The Bertz CT molecular complexity index is 820. The number of imidazole rings is 1. The lowest BCUT2D eigenvalue weighted by Crippen LogP contribution is -2.36. The number of nitrogens with one attached hydrogen (secondary N) is 1. The van der Waals surface area contributed by atoms with Crippen molar-refractivity contribution >= 4 is 22.8 Å². The van der Waals surface area contributed by atoms with E-state index in [4.69, 9.17) is 0 Å². The highest BCUT2D eigenvalue weighted by Gasteiger charge is 2.38. The smallest absolute Gasteiger partial charge is 0.310 e. The van der Waals surface area contributed by atoms with Crippen LogP contribution in [-0.2, 0) is 11.2 Å². The van der Waals surface area contributed by atoms with Crippen LogP contribution in [0, 0.1) is 11.3 Å². The first-order chi connectivity index (χ1) is 9.93. The molecule has 3 aromatic heterocycles. The summed E-state index contributed by atoms with van der Waals surface area (Å²) in [7, 11) is 0. The normalized spacial score (nSPS) is 14.9. The molecule has 110 valence electrons. The second kappa shape index (κ2) is 4.51. The molecule has 2 N–H and O–H groups in total. The third-order valence-electron chi connectivity index (χ3n) is 4.19. The number of rotatable bonds is 4. The monoisotopic (exact) mass is 288 g/mol. The van der Waals surface area contributed by atoms with Crippen LogP contribution in [0.25, 0.3) is 16.8 Å². The van der Waals surface area contributed by atoms with Crippen LogP contribution in [0.5, 0.6) is 0 Å². The summed E-state index contributed by atoms with van der Waals surface area (Å²) in [5.41, 5.74) is 0.944. The van der Waals surface area contributed by atoms with Crippen LogP contribution < -0.4 is 0 Å². The van der Waals surface area contributed by atoms with Crippen LogP contribution >= 0.6 is 0 Å². The van der Waals surface area contributed by atoms with Gasteiger partial charge in [-0.15, -0.1) is 10.2 Å². The third kappa shape index (κ3) is 1.94. The van der Waals surface area contributed by atoms with E-state index in [0.29, 0.717) is 22.6 Å². The zero-order valence-electron chi connectivity index (χ0n) is 12.0. The van der Waals surface area contributed by atoms with E-state index in [1.54, 1.807) is 24.0 Å². The lowest BCUT2D eigenvalue weighted by Gasteiger charge is -2.28. The van der Waals surface area contributed by atoms with Crippen molar-refractivity contribution in [2.45, 2.75) is 27.2 Å². The summed E-state index contributed by atoms with van der Waals surface area (Å²) in [4.78, 5) is 22.9. The molecule has 1 unspecified atom stereocenters. The number of hydrogen-bond donors (Lipinski definition) is 2. The average molecular weight is 288 g/mol.